The van der Waals surface area contributed by atoms with E-state index in [2.05, 4.69) is 15.3 Å². The molecular weight excluding hydrogens is 353 g/mol. The Labute approximate surface area is 151 Å². The number of halogens is 1. The number of aromatic nitrogens is 5. The molecule has 4 rings (SSSR count). The van der Waals surface area contributed by atoms with Crippen LogP contribution in [0.25, 0.3) is 27.8 Å². The van der Waals surface area contributed by atoms with Crippen molar-refractivity contribution in [3.05, 3.63) is 58.4 Å². The van der Waals surface area contributed by atoms with Crippen molar-refractivity contribution in [2.75, 3.05) is 0 Å². The Balaban J connectivity index is 2.01. The molecule has 0 radical (unpaired) electrons. The molecule has 0 bridgehead atoms. The third-order valence-electron chi connectivity index (χ3n) is 4.30. The van der Waals surface area contributed by atoms with E-state index in [0.29, 0.717) is 17.6 Å². The summed E-state index contributed by atoms with van der Waals surface area (Å²) < 4.78 is 15.9. The van der Waals surface area contributed by atoms with Crippen LogP contribution in [0.3, 0.4) is 0 Å². The maximum Gasteiger partial charge on any atom is 0.323 e. The van der Waals surface area contributed by atoms with E-state index in [0.717, 1.165) is 21.4 Å². The van der Waals surface area contributed by atoms with Gasteiger partial charge >= 0.3 is 5.97 Å². The quantitative estimate of drug-likeness (QED) is 0.591. The van der Waals surface area contributed by atoms with Gasteiger partial charge in [-0.3, -0.25) is 9.59 Å². The molecule has 9 heteroatoms. The average molecular weight is 367 g/mol. The summed E-state index contributed by atoms with van der Waals surface area (Å²) >= 11 is 0. The number of hydrogen-bond acceptors (Lipinski definition) is 5. The zero-order chi connectivity index (χ0) is 19.1. The molecule has 0 fully saturated rings. The smallest absolute Gasteiger partial charge is 0.323 e. The Morgan fingerprint density at radius 3 is 2.59 bits per heavy atom. The van der Waals surface area contributed by atoms with Gasteiger partial charge in [0.05, 0.1) is 11.3 Å². The van der Waals surface area contributed by atoms with Crippen molar-refractivity contribution >= 4 is 22.6 Å². The van der Waals surface area contributed by atoms with Gasteiger partial charge in [0.2, 0.25) is 0 Å². The molecule has 4 aromatic rings. The largest absolute Gasteiger partial charge is 0.480 e. The van der Waals surface area contributed by atoms with Crippen molar-refractivity contribution in [2.45, 2.75) is 19.9 Å². The van der Waals surface area contributed by atoms with Gasteiger partial charge < -0.3 is 9.67 Å². The van der Waals surface area contributed by atoms with Crippen molar-refractivity contribution in [2.24, 2.45) is 0 Å². The first-order valence-corrected chi connectivity index (χ1v) is 8.24. The van der Waals surface area contributed by atoms with Crippen LogP contribution in [0.1, 0.15) is 12.6 Å². The lowest BCUT2D eigenvalue weighted by atomic mass is 10.0. The molecule has 0 aliphatic rings. The second kappa shape index (κ2) is 6.27. The van der Waals surface area contributed by atoms with Crippen LogP contribution >= 0.6 is 0 Å². The minimum atomic E-state index is -1.13. The van der Waals surface area contributed by atoms with Gasteiger partial charge in [-0.05, 0) is 30.2 Å². The molecule has 136 valence electrons. The van der Waals surface area contributed by atoms with E-state index in [1.54, 1.807) is 18.2 Å². The third kappa shape index (κ3) is 2.73. The van der Waals surface area contributed by atoms with E-state index >= 15 is 0 Å². The molecule has 3 aromatic heterocycles. The fraction of sp³-hybridized carbons (Fsp3) is 0.167. The van der Waals surface area contributed by atoms with Gasteiger partial charge in [0.1, 0.15) is 17.9 Å². The van der Waals surface area contributed by atoms with Crippen molar-refractivity contribution < 1.29 is 14.3 Å². The Hall–Kier alpha value is -3.62. The number of rotatable bonds is 4. The van der Waals surface area contributed by atoms with Crippen molar-refractivity contribution in [1.82, 2.24) is 24.4 Å². The number of aryl methyl sites for hydroxylation is 1. The first kappa shape index (κ1) is 16.8. The van der Waals surface area contributed by atoms with Gasteiger partial charge in [-0.2, -0.15) is 5.10 Å². The van der Waals surface area contributed by atoms with E-state index in [1.807, 2.05) is 6.92 Å². The summed E-state index contributed by atoms with van der Waals surface area (Å²) in [6.07, 6.45) is 2.00. The lowest BCUT2D eigenvalue weighted by Crippen LogP contribution is -2.25. The predicted molar refractivity (Wildman–Crippen MR) is 95.0 cm³/mol. The number of carbonyl (C=O) groups is 1. The van der Waals surface area contributed by atoms with Gasteiger partial charge in [0.15, 0.2) is 11.2 Å². The van der Waals surface area contributed by atoms with Crippen LogP contribution in [0.4, 0.5) is 4.39 Å². The molecule has 0 unspecified atom stereocenters. The number of pyridine rings is 1. The molecule has 0 spiro atoms. The SMILES string of the molecule is CCc1nn2c(nnc3c(=O)n(CC(=O)O)ccc32)c1-c1ccc(F)cc1. The Kier molecular flexibility index (Phi) is 3.91. The lowest BCUT2D eigenvalue weighted by molar-refractivity contribution is -0.137. The van der Waals surface area contributed by atoms with Crippen LogP contribution in [-0.4, -0.2) is 35.5 Å². The summed E-state index contributed by atoms with van der Waals surface area (Å²) in [5, 5.41) is 21.6. The van der Waals surface area contributed by atoms with Crippen molar-refractivity contribution in [3.63, 3.8) is 0 Å². The minimum Gasteiger partial charge on any atom is -0.480 e. The van der Waals surface area contributed by atoms with Gasteiger partial charge in [0.25, 0.3) is 5.56 Å². The standard InChI is InChI=1S/C18H14FN5O3/c1-2-12-15(10-3-5-11(19)6-4-10)17-21-20-16-13(24(17)22-12)7-8-23(18(16)27)9-14(25)26/h3-8H,2,9H2,1H3,(H,25,26). The maximum atomic E-state index is 13.3. The van der Waals surface area contributed by atoms with Crippen LogP contribution in [0.2, 0.25) is 0 Å². The fourth-order valence-electron chi connectivity index (χ4n) is 3.06. The molecular formula is C18H14FN5O3. The number of aliphatic carboxylic acids is 1. The lowest BCUT2D eigenvalue weighted by Gasteiger charge is -2.05. The van der Waals surface area contributed by atoms with Crippen molar-refractivity contribution in [1.29, 1.82) is 0 Å². The molecule has 0 amide bonds. The van der Waals surface area contributed by atoms with E-state index in [9.17, 15) is 14.0 Å². The highest BCUT2D eigenvalue weighted by Crippen LogP contribution is 2.29. The number of benzene rings is 1. The molecule has 0 aliphatic heterocycles. The van der Waals surface area contributed by atoms with Crippen LogP contribution < -0.4 is 5.56 Å². The normalized spacial score (nSPS) is 11.3. The summed E-state index contributed by atoms with van der Waals surface area (Å²) in [7, 11) is 0. The highest BCUT2D eigenvalue weighted by molar-refractivity contribution is 5.84. The second-order valence-corrected chi connectivity index (χ2v) is 5.99. The number of nitrogens with zero attached hydrogens (tertiary/aromatic N) is 5. The van der Waals surface area contributed by atoms with E-state index < -0.39 is 18.1 Å². The van der Waals surface area contributed by atoms with Crippen LogP contribution in [0.15, 0.2) is 41.3 Å². The summed E-state index contributed by atoms with van der Waals surface area (Å²) in [5.41, 5.74) is 2.55. The average Bonchev–Trinajstić information content (AvgIpc) is 3.03. The number of fused-ring (bicyclic) bond motifs is 3. The summed E-state index contributed by atoms with van der Waals surface area (Å²) in [5.74, 6) is -1.47. The fourth-order valence-corrected chi connectivity index (χ4v) is 3.06. The summed E-state index contributed by atoms with van der Waals surface area (Å²) in [6, 6.07) is 7.58. The molecule has 0 saturated heterocycles. The molecule has 1 N–H and O–H groups in total. The number of carboxylic acids is 1. The highest BCUT2D eigenvalue weighted by atomic mass is 19.1. The monoisotopic (exact) mass is 367 g/mol. The van der Waals surface area contributed by atoms with Crippen LogP contribution in [0, 0.1) is 5.82 Å². The molecule has 3 heterocycles. The second-order valence-electron chi connectivity index (χ2n) is 5.99. The molecule has 0 atom stereocenters. The van der Waals surface area contributed by atoms with Crippen LogP contribution in [-0.2, 0) is 17.8 Å². The minimum absolute atomic E-state index is 0.0297. The molecule has 0 saturated carbocycles. The summed E-state index contributed by atoms with van der Waals surface area (Å²) in [4.78, 5) is 23.4. The van der Waals surface area contributed by atoms with E-state index in [-0.39, 0.29) is 11.3 Å². The molecule has 27 heavy (non-hydrogen) atoms. The molecule has 8 nitrogen and oxygen atoms in total. The highest BCUT2D eigenvalue weighted by Gasteiger charge is 2.19. The number of carboxylic acid groups (broad SMARTS) is 1. The molecule has 0 aliphatic carbocycles. The first-order chi connectivity index (χ1) is 13.0. The third-order valence-corrected chi connectivity index (χ3v) is 4.30. The van der Waals surface area contributed by atoms with Gasteiger partial charge in [-0.25, -0.2) is 8.91 Å². The zero-order valence-corrected chi connectivity index (χ0v) is 14.3. The summed E-state index contributed by atoms with van der Waals surface area (Å²) in [6.45, 7) is 1.47. The Morgan fingerprint density at radius 2 is 1.93 bits per heavy atom. The van der Waals surface area contributed by atoms with Gasteiger partial charge in [-0.1, -0.05) is 19.1 Å². The maximum absolute atomic E-state index is 13.3. The number of hydrogen-bond donors (Lipinski definition) is 1. The van der Waals surface area contributed by atoms with Crippen molar-refractivity contribution in [3.8, 4) is 11.1 Å². The van der Waals surface area contributed by atoms with Gasteiger partial charge in [0, 0.05) is 6.20 Å². The Morgan fingerprint density at radius 1 is 1.19 bits per heavy atom. The topological polar surface area (TPSA) is 102 Å². The predicted octanol–water partition coefficient (Wildman–Crippen LogP) is 1.89. The first-order valence-electron chi connectivity index (χ1n) is 8.24. The van der Waals surface area contributed by atoms with E-state index in [1.165, 1.54) is 22.8 Å². The Bertz CT molecular complexity index is 1240. The van der Waals surface area contributed by atoms with Gasteiger partial charge in [-0.15, -0.1) is 10.2 Å². The molecule has 1 aromatic carbocycles. The zero-order valence-electron chi connectivity index (χ0n) is 14.3. The van der Waals surface area contributed by atoms with Crippen LogP contribution in [0.5, 0.6) is 0 Å². The van der Waals surface area contributed by atoms with E-state index in [4.69, 9.17) is 5.11 Å².